The number of aromatic nitrogens is 3. The largest absolute Gasteiger partial charge is 0.294 e. The Balaban J connectivity index is 1.64. The molecule has 0 unspecified atom stereocenters. The van der Waals surface area contributed by atoms with E-state index in [4.69, 9.17) is 0 Å². The van der Waals surface area contributed by atoms with Gasteiger partial charge in [-0.1, -0.05) is 48.0 Å². The van der Waals surface area contributed by atoms with Crippen LogP contribution >= 0.6 is 11.8 Å². The predicted octanol–water partition coefficient (Wildman–Crippen LogP) is 5.49. The van der Waals surface area contributed by atoms with Gasteiger partial charge in [-0.2, -0.15) is 5.26 Å². The summed E-state index contributed by atoms with van der Waals surface area (Å²) in [7, 11) is 0. The molecule has 32 heavy (non-hydrogen) atoms. The molecule has 2 aromatic carbocycles. The molecule has 1 saturated heterocycles. The van der Waals surface area contributed by atoms with Gasteiger partial charge in [0.2, 0.25) is 0 Å². The fourth-order valence-corrected chi connectivity index (χ4v) is 5.08. The molecular weight excluding hydrogens is 421 g/mol. The second-order valence-corrected chi connectivity index (χ2v) is 9.52. The third-order valence-corrected chi connectivity index (χ3v) is 7.02. The first-order valence-electron chi connectivity index (χ1n) is 11.1. The van der Waals surface area contributed by atoms with Gasteiger partial charge in [-0.15, -0.1) is 10.2 Å². The number of thioether (sulfide) groups is 1. The van der Waals surface area contributed by atoms with E-state index in [1.807, 2.05) is 4.57 Å². The Kier molecular flexibility index (Phi) is 7.23. The molecule has 0 aliphatic carbocycles. The molecule has 1 aliphatic heterocycles. The van der Waals surface area contributed by atoms with Gasteiger partial charge in [0, 0.05) is 5.69 Å². The minimum absolute atomic E-state index is 0.0832. The molecule has 3 aromatic rings. The van der Waals surface area contributed by atoms with Gasteiger partial charge in [0.25, 0.3) is 0 Å². The highest BCUT2D eigenvalue weighted by atomic mass is 32.2. The van der Waals surface area contributed by atoms with Crippen LogP contribution in [0.2, 0.25) is 0 Å². The van der Waals surface area contributed by atoms with Crippen molar-refractivity contribution < 1.29 is 4.39 Å². The van der Waals surface area contributed by atoms with Gasteiger partial charge in [0.05, 0.1) is 12.1 Å². The van der Waals surface area contributed by atoms with E-state index in [2.05, 4.69) is 59.3 Å². The van der Waals surface area contributed by atoms with Gasteiger partial charge in [-0.3, -0.25) is 9.47 Å². The van der Waals surface area contributed by atoms with Gasteiger partial charge < -0.3 is 0 Å². The van der Waals surface area contributed by atoms with E-state index in [-0.39, 0.29) is 17.1 Å². The molecule has 0 amide bonds. The zero-order valence-corrected chi connectivity index (χ0v) is 19.4. The van der Waals surface area contributed by atoms with E-state index in [0.717, 1.165) is 30.2 Å². The van der Waals surface area contributed by atoms with E-state index in [1.54, 1.807) is 12.1 Å². The van der Waals surface area contributed by atoms with Crippen LogP contribution in [0.15, 0.2) is 53.7 Å². The Bertz CT molecular complexity index is 1070. The van der Waals surface area contributed by atoms with Crippen molar-refractivity contribution in [1.29, 1.82) is 5.26 Å². The van der Waals surface area contributed by atoms with Crippen molar-refractivity contribution in [3.05, 3.63) is 71.3 Å². The lowest BCUT2D eigenvalue weighted by Crippen LogP contribution is -2.33. The van der Waals surface area contributed by atoms with Gasteiger partial charge in [0.15, 0.2) is 11.0 Å². The van der Waals surface area contributed by atoms with Crippen LogP contribution in [0, 0.1) is 24.1 Å². The summed E-state index contributed by atoms with van der Waals surface area (Å²) in [4.78, 5) is 2.43. The Labute approximate surface area is 193 Å². The topological polar surface area (TPSA) is 57.7 Å². The molecule has 0 saturated carbocycles. The first kappa shape index (κ1) is 22.5. The molecule has 1 aliphatic rings. The molecule has 2 heterocycles. The van der Waals surface area contributed by atoms with Gasteiger partial charge in [-0.05, 0) is 76.0 Å². The van der Waals surface area contributed by atoms with Crippen LogP contribution in [0.1, 0.15) is 49.2 Å². The third-order valence-electron chi connectivity index (χ3n) is 5.99. The first-order chi connectivity index (χ1) is 15.5. The highest BCUT2D eigenvalue weighted by Crippen LogP contribution is 2.32. The summed E-state index contributed by atoms with van der Waals surface area (Å²) >= 11 is 1.41. The number of hydrogen-bond donors (Lipinski definition) is 0. The molecule has 0 bridgehead atoms. The lowest BCUT2D eigenvalue weighted by atomic mass is 10.1. The maximum Gasteiger partial charge on any atom is 0.197 e. The minimum Gasteiger partial charge on any atom is -0.294 e. The second kappa shape index (κ2) is 10.3. The number of halogens is 1. The standard InChI is InChI=1S/C25H28FN5S/c1-18-6-8-20(9-7-18)16-23(17-27)32-25-29-28-24(19(2)30-14-4-3-5-15-30)31(25)22-12-10-21(26)11-13-22/h6-13,19,23H,3-5,14-16H2,1-2H3/t19-,23-/m1/s1. The van der Waals surface area contributed by atoms with Crippen LogP contribution < -0.4 is 0 Å². The van der Waals surface area contributed by atoms with E-state index in [1.165, 1.54) is 48.7 Å². The fraction of sp³-hybridized carbons (Fsp3) is 0.400. The van der Waals surface area contributed by atoms with Crippen molar-refractivity contribution in [3.63, 3.8) is 0 Å². The fourth-order valence-electron chi connectivity index (χ4n) is 4.11. The van der Waals surface area contributed by atoms with Gasteiger partial charge in [0.1, 0.15) is 11.1 Å². The van der Waals surface area contributed by atoms with Crippen LogP contribution in [0.25, 0.3) is 5.69 Å². The molecule has 1 aromatic heterocycles. The number of rotatable bonds is 7. The van der Waals surface area contributed by atoms with Crippen molar-refractivity contribution in [3.8, 4) is 11.8 Å². The summed E-state index contributed by atoms with van der Waals surface area (Å²) in [5.74, 6) is 0.545. The Hall–Kier alpha value is -2.69. The second-order valence-electron chi connectivity index (χ2n) is 8.35. The maximum absolute atomic E-state index is 13.6. The zero-order valence-electron chi connectivity index (χ0n) is 18.5. The van der Waals surface area contributed by atoms with Crippen LogP contribution in [0.3, 0.4) is 0 Å². The molecule has 0 spiro atoms. The third kappa shape index (κ3) is 5.20. The number of hydrogen-bond acceptors (Lipinski definition) is 5. The number of piperidine rings is 1. The van der Waals surface area contributed by atoms with Crippen LogP contribution in [0.5, 0.6) is 0 Å². The first-order valence-corrected chi connectivity index (χ1v) is 12.0. The summed E-state index contributed by atoms with van der Waals surface area (Å²) in [5, 5.41) is 19.2. The van der Waals surface area contributed by atoms with Crippen molar-refractivity contribution in [1.82, 2.24) is 19.7 Å². The van der Waals surface area contributed by atoms with E-state index >= 15 is 0 Å². The Morgan fingerprint density at radius 2 is 1.72 bits per heavy atom. The molecule has 2 atom stereocenters. The van der Waals surface area contributed by atoms with Crippen molar-refractivity contribution >= 4 is 11.8 Å². The van der Waals surface area contributed by atoms with Crippen molar-refractivity contribution in [2.45, 2.75) is 56.0 Å². The quantitative estimate of drug-likeness (QED) is 0.447. The van der Waals surface area contributed by atoms with E-state index < -0.39 is 0 Å². The van der Waals surface area contributed by atoms with E-state index in [0.29, 0.717) is 11.6 Å². The summed E-state index contributed by atoms with van der Waals surface area (Å²) in [6.07, 6.45) is 4.25. The minimum atomic E-state index is -0.306. The number of benzene rings is 2. The van der Waals surface area contributed by atoms with Crippen molar-refractivity contribution in [2.24, 2.45) is 0 Å². The number of nitrogens with zero attached hydrogens (tertiary/aromatic N) is 5. The lowest BCUT2D eigenvalue weighted by Gasteiger charge is -2.31. The van der Waals surface area contributed by atoms with Crippen LogP contribution in [-0.2, 0) is 6.42 Å². The molecule has 0 N–H and O–H groups in total. The average molecular weight is 450 g/mol. The van der Waals surface area contributed by atoms with E-state index in [9.17, 15) is 9.65 Å². The van der Waals surface area contributed by atoms with Crippen LogP contribution in [0.4, 0.5) is 4.39 Å². The molecule has 1 fully saturated rings. The van der Waals surface area contributed by atoms with Gasteiger partial charge in [-0.25, -0.2) is 4.39 Å². The molecule has 4 rings (SSSR count). The summed E-state index contributed by atoms with van der Waals surface area (Å²) in [5.41, 5.74) is 3.12. The number of aryl methyl sites for hydroxylation is 1. The smallest absolute Gasteiger partial charge is 0.197 e. The summed E-state index contributed by atoms with van der Waals surface area (Å²) in [6.45, 7) is 6.27. The molecular formula is C25H28FN5S. The molecule has 0 radical (unpaired) electrons. The maximum atomic E-state index is 13.6. The highest BCUT2D eigenvalue weighted by molar-refractivity contribution is 8.00. The SMILES string of the molecule is Cc1ccc(C[C@H](C#N)Sc2nnc([C@@H](C)N3CCCCC3)n2-c2ccc(F)cc2)cc1. The zero-order chi connectivity index (χ0) is 22.5. The monoisotopic (exact) mass is 449 g/mol. The number of likely N-dealkylation sites (tertiary alicyclic amines) is 1. The van der Waals surface area contributed by atoms with Crippen molar-refractivity contribution in [2.75, 3.05) is 13.1 Å². The summed E-state index contributed by atoms with van der Waals surface area (Å²) < 4.78 is 15.6. The summed E-state index contributed by atoms with van der Waals surface area (Å²) in [6, 6.07) is 17.1. The Morgan fingerprint density at radius 1 is 1.03 bits per heavy atom. The molecule has 5 nitrogen and oxygen atoms in total. The average Bonchev–Trinajstić information content (AvgIpc) is 3.24. The van der Waals surface area contributed by atoms with Gasteiger partial charge >= 0.3 is 0 Å². The highest BCUT2D eigenvalue weighted by Gasteiger charge is 2.27. The molecule has 7 heteroatoms. The number of nitriles is 1. The molecule has 166 valence electrons. The predicted molar refractivity (Wildman–Crippen MR) is 125 cm³/mol. The van der Waals surface area contributed by atoms with Crippen LogP contribution in [-0.4, -0.2) is 38.0 Å². The lowest BCUT2D eigenvalue weighted by molar-refractivity contribution is 0.167. The normalized spacial score (nSPS) is 16.4. The Morgan fingerprint density at radius 3 is 2.38 bits per heavy atom.